The van der Waals surface area contributed by atoms with Crippen LogP contribution in [0.5, 0.6) is 0 Å². The molecule has 0 bridgehead atoms. The molecule has 200 valence electrons. The van der Waals surface area contributed by atoms with Gasteiger partial charge in [0.05, 0.1) is 23.1 Å². The van der Waals surface area contributed by atoms with E-state index in [1.807, 2.05) is 0 Å². The van der Waals surface area contributed by atoms with Gasteiger partial charge in [-0.05, 0) is 67.9 Å². The van der Waals surface area contributed by atoms with Crippen LogP contribution in [0.15, 0.2) is 29.2 Å². The van der Waals surface area contributed by atoms with Gasteiger partial charge in [-0.1, -0.05) is 42.5 Å². The quantitative estimate of drug-likeness (QED) is 0.180. The lowest BCUT2D eigenvalue weighted by molar-refractivity contribution is -0.122. The van der Waals surface area contributed by atoms with Crippen LogP contribution in [0.2, 0.25) is 0 Å². The van der Waals surface area contributed by atoms with E-state index in [-0.39, 0.29) is 11.8 Å². The number of benzene rings is 1. The predicted molar refractivity (Wildman–Crippen MR) is 154 cm³/mol. The molecular weight excluding hydrogens is 543 g/mol. The first kappa shape index (κ1) is 28.0. The number of hydrogen-bond donors (Lipinski definition) is 2. The number of nitrogens with one attached hydrogen (secondary N) is 1. The van der Waals surface area contributed by atoms with Crippen LogP contribution in [0, 0.1) is 0 Å². The molecule has 1 aromatic heterocycles. The Balaban J connectivity index is 1.23. The summed E-state index contributed by atoms with van der Waals surface area (Å²) in [6.45, 7) is 0.481. The highest BCUT2D eigenvalue weighted by Crippen LogP contribution is 2.38. The van der Waals surface area contributed by atoms with Gasteiger partial charge in [-0.2, -0.15) is 0 Å². The molecule has 2 heterocycles. The summed E-state index contributed by atoms with van der Waals surface area (Å²) in [7, 11) is 1.33. The number of nitrogens with zero attached hydrogens (tertiary/aromatic N) is 1. The highest BCUT2D eigenvalue weighted by Gasteiger charge is 2.31. The molecule has 8 nitrogen and oxygen atoms in total. The summed E-state index contributed by atoms with van der Waals surface area (Å²) >= 11 is 8.13. The summed E-state index contributed by atoms with van der Waals surface area (Å²) in [5.74, 6) is -1.19. The molecule has 1 aliphatic heterocycles. The van der Waals surface area contributed by atoms with Crippen LogP contribution in [0.1, 0.15) is 75.2 Å². The minimum Gasteiger partial charge on any atom is -0.465 e. The van der Waals surface area contributed by atoms with Gasteiger partial charge in [0.15, 0.2) is 0 Å². The number of amides is 3. The van der Waals surface area contributed by atoms with Crippen LogP contribution in [-0.2, 0) is 27.2 Å². The predicted octanol–water partition coefficient (Wildman–Crippen LogP) is 4.91. The lowest BCUT2D eigenvalue weighted by atomic mass is 9.95. The van der Waals surface area contributed by atoms with Gasteiger partial charge in [0, 0.05) is 17.8 Å². The zero-order valence-corrected chi connectivity index (χ0v) is 23.5. The molecule has 1 aromatic carbocycles. The molecule has 1 fully saturated rings. The fourth-order valence-corrected chi connectivity index (χ4v) is 7.13. The normalized spacial score (nSPS) is 16.0. The van der Waals surface area contributed by atoms with Crippen molar-refractivity contribution in [3.8, 4) is 0 Å². The van der Waals surface area contributed by atoms with Crippen molar-refractivity contribution >= 4 is 74.4 Å². The van der Waals surface area contributed by atoms with Crippen LogP contribution in [0.25, 0.3) is 6.08 Å². The number of primary amides is 1. The first-order valence-corrected chi connectivity index (χ1v) is 14.5. The monoisotopic (exact) mass is 571 g/mol. The van der Waals surface area contributed by atoms with E-state index in [4.69, 9.17) is 22.7 Å². The molecule has 2 aliphatic rings. The Labute approximate surface area is 235 Å². The molecule has 3 N–H and O–H groups in total. The molecule has 1 saturated heterocycles. The minimum atomic E-state index is -0.490. The average molecular weight is 572 g/mol. The van der Waals surface area contributed by atoms with E-state index >= 15 is 0 Å². The standard InChI is InChI=1S/C27H29N3O5S3/c1-35-26(34)17-12-10-16(11-13-17)15-20-25(33)30(27(36)38-20)14-6-2-3-9-21(31)29-24-22(23(28)32)18-7-4-5-8-19(18)37-24/h10-13,15H,2-9,14H2,1H3,(H2,28,32)(H,29,31)/b20-15-. The van der Waals surface area contributed by atoms with Crippen molar-refractivity contribution in [2.24, 2.45) is 5.73 Å². The molecule has 0 unspecified atom stereocenters. The van der Waals surface area contributed by atoms with Crippen molar-refractivity contribution in [1.29, 1.82) is 0 Å². The van der Waals surface area contributed by atoms with Crippen LogP contribution in [-0.4, -0.2) is 46.6 Å². The fraction of sp³-hybridized carbons (Fsp3) is 0.370. The van der Waals surface area contributed by atoms with Crippen molar-refractivity contribution in [2.75, 3.05) is 19.0 Å². The van der Waals surface area contributed by atoms with Crippen LogP contribution in [0.4, 0.5) is 5.00 Å². The fourth-order valence-electron chi connectivity index (χ4n) is 4.51. The van der Waals surface area contributed by atoms with E-state index in [1.54, 1.807) is 35.2 Å². The van der Waals surface area contributed by atoms with Gasteiger partial charge < -0.3 is 15.8 Å². The zero-order valence-electron chi connectivity index (χ0n) is 21.0. The Bertz CT molecular complexity index is 1300. The lowest BCUT2D eigenvalue weighted by Crippen LogP contribution is -2.29. The summed E-state index contributed by atoms with van der Waals surface area (Å²) in [6, 6.07) is 6.80. The summed E-state index contributed by atoms with van der Waals surface area (Å²) < 4.78 is 5.21. The molecule has 0 radical (unpaired) electrons. The van der Waals surface area contributed by atoms with Gasteiger partial charge in [0.25, 0.3) is 11.8 Å². The van der Waals surface area contributed by atoms with Gasteiger partial charge in [-0.15, -0.1) is 11.3 Å². The molecule has 3 amide bonds. The molecule has 1 aliphatic carbocycles. The number of carbonyl (C=O) groups excluding carboxylic acids is 4. The third-order valence-electron chi connectivity index (χ3n) is 6.46. The maximum absolute atomic E-state index is 12.9. The van der Waals surface area contributed by atoms with E-state index in [0.29, 0.717) is 51.2 Å². The number of hydrogen-bond acceptors (Lipinski definition) is 8. The third kappa shape index (κ3) is 6.51. The molecule has 38 heavy (non-hydrogen) atoms. The first-order valence-electron chi connectivity index (χ1n) is 12.5. The summed E-state index contributed by atoms with van der Waals surface area (Å²) in [5.41, 5.74) is 8.30. The molecular formula is C27H29N3O5S3. The largest absolute Gasteiger partial charge is 0.465 e. The molecule has 11 heteroatoms. The van der Waals surface area contributed by atoms with E-state index in [0.717, 1.165) is 48.1 Å². The number of anilines is 1. The number of methoxy groups -OCH3 is 1. The Morgan fingerprint density at radius 2 is 1.87 bits per heavy atom. The van der Waals surface area contributed by atoms with Crippen LogP contribution >= 0.6 is 35.3 Å². The highest BCUT2D eigenvalue weighted by molar-refractivity contribution is 8.26. The van der Waals surface area contributed by atoms with Crippen molar-refractivity contribution in [3.63, 3.8) is 0 Å². The topological polar surface area (TPSA) is 119 Å². The molecule has 2 aromatic rings. The van der Waals surface area contributed by atoms with Gasteiger partial charge in [0.1, 0.15) is 9.32 Å². The van der Waals surface area contributed by atoms with E-state index < -0.39 is 11.9 Å². The number of nitrogens with two attached hydrogens (primary N) is 1. The smallest absolute Gasteiger partial charge is 0.337 e. The Kier molecular flexibility index (Phi) is 9.35. The summed E-state index contributed by atoms with van der Waals surface area (Å²) in [4.78, 5) is 52.3. The first-order chi connectivity index (χ1) is 18.3. The number of rotatable bonds is 10. The second-order valence-corrected chi connectivity index (χ2v) is 11.9. The molecule has 0 atom stereocenters. The number of esters is 1. The maximum atomic E-state index is 12.9. The summed E-state index contributed by atoms with van der Waals surface area (Å²) in [6.07, 6.45) is 8.05. The molecule has 0 spiro atoms. The zero-order chi connectivity index (χ0) is 27.2. The van der Waals surface area contributed by atoms with Gasteiger partial charge in [0.2, 0.25) is 5.91 Å². The minimum absolute atomic E-state index is 0.141. The maximum Gasteiger partial charge on any atom is 0.337 e. The number of fused-ring (bicyclic) bond motifs is 1. The number of unbranched alkanes of at least 4 members (excludes halogenated alkanes) is 2. The number of carbonyl (C=O) groups is 4. The van der Waals surface area contributed by atoms with E-state index in [9.17, 15) is 19.2 Å². The molecule has 4 rings (SSSR count). The Morgan fingerprint density at radius 1 is 1.13 bits per heavy atom. The highest BCUT2D eigenvalue weighted by atomic mass is 32.2. The van der Waals surface area contributed by atoms with E-state index in [1.165, 1.54) is 30.2 Å². The number of thioether (sulfide) groups is 1. The van der Waals surface area contributed by atoms with Crippen molar-refractivity contribution in [3.05, 3.63) is 56.3 Å². The summed E-state index contributed by atoms with van der Waals surface area (Å²) in [5, 5.41) is 3.46. The molecule has 0 saturated carbocycles. The Hall–Kier alpha value is -3.02. The van der Waals surface area contributed by atoms with Crippen LogP contribution in [0.3, 0.4) is 0 Å². The number of thiocarbonyl (C=S) groups is 1. The number of aryl methyl sites for hydroxylation is 1. The SMILES string of the molecule is COC(=O)c1ccc(/C=C2\SC(=S)N(CCCCCC(=O)Nc3sc4c(c3C(N)=O)CCCC4)C2=O)cc1. The van der Waals surface area contributed by atoms with Crippen molar-refractivity contribution in [2.45, 2.75) is 51.4 Å². The second kappa shape index (κ2) is 12.7. The van der Waals surface area contributed by atoms with Gasteiger partial charge >= 0.3 is 5.97 Å². The van der Waals surface area contributed by atoms with Crippen molar-refractivity contribution in [1.82, 2.24) is 4.90 Å². The van der Waals surface area contributed by atoms with Crippen LogP contribution < -0.4 is 11.1 Å². The van der Waals surface area contributed by atoms with Gasteiger partial charge in [-0.25, -0.2) is 4.79 Å². The number of thiophene rings is 1. The average Bonchev–Trinajstić information content (AvgIpc) is 3.39. The second-order valence-electron chi connectivity index (χ2n) is 9.09. The third-order valence-corrected chi connectivity index (χ3v) is 9.04. The lowest BCUT2D eigenvalue weighted by Gasteiger charge is -2.14. The Morgan fingerprint density at radius 3 is 2.58 bits per heavy atom. The van der Waals surface area contributed by atoms with E-state index in [2.05, 4.69) is 5.32 Å². The number of ether oxygens (including phenoxy) is 1. The van der Waals surface area contributed by atoms with Gasteiger partial charge in [-0.3, -0.25) is 19.3 Å². The van der Waals surface area contributed by atoms with Crippen molar-refractivity contribution < 1.29 is 23.9 Å².